The molecule has 0 fully saturated rings. The lowest BCUT2D eigenvalue weighted by Crippen LogP contribution is -2.53. The van der Waals surface area contributed by atoms with E-state index in [1.807, 2.05) is 36.2 Å². The predicted octanol–water partition coefficient (Wildman–Crippen LogP) is 6.55. The molecular weight excluding hydrogens is 524 g/mol. The molecule has 3 rings (SSSR count). The largest absolute Gasteiger partial charge is 0.430 e. The smallest absolute Gasteiger partial charge is 0.392 e. The van der Waals surface area contributed by atoms with Crippen molar-refractivity contribution in [3.63, 3.8) is 0 Å². The molecule has 39 heavy (non-hydrogen) atoms. The molecule has 10 heteroatoms. The molecule has 3 aromatic rings. The Bertz CT molecular complexity index is 1290. The molecule has 0 bridgehead atoms. The number of rotatable bonds is 9. The third kappa shape index (κ3) is 6.08. The van der Waals surface area contributed by atoms with Crippen molar-refractivity contribution in [3.8, 4) is 11.1 Å². The van der Waals surface area contributed by atoms with Gasteiger partial charge in [-0.15, -0.1) is 0 Å². The summed E-state index contributed by atoms with van der Waals surface area (Å²) in [7, 11) is 1.83. The second-order valence-corrected chi connectivity index (χ2v) is 9.60. The molecule has 212 valence electrons. The average Bonchev–Trinajstić information content (AvgIpc) is 2.87. The Morgan fingerprint density at radius 1 is 0.744 bits per heavy atom. The summed E-state index contributed by atoms with van der Waals surface area (Å²) < 4.78 is 81.0. The van der Waals surface area contributed by atoms with Crippen LogP contribution in [0, 0.1) is 6.92 Å². The van der Waals surface area contributed by atoms with E-state index >= 15 is 0 Å². The predicted molar refractivity (Wildman–Crippen MR) is 137 cm³/mol. The number of hydrogen-bond acceptors (Lipinski definition) is 4. The number of aliphatic hydroxyl groups is 3. The van der Waals surface area contributed by atoms with Crippen molar-refractivity contribution < 1.29 is 41.7 Å². The minimum atomic E-state index is -5.96. The summed E-state index contributed by atoms with van der Waals surface area (Å²) in [6.07, 6.45) is -11.3. The molecule has 4 nitrogen and oxygen atoms in total. The van der Waals surface area contributed by atoms with Crippen molar-refractivity contribution in [2.24, 2.45) is 0 Å². The van der Waals surface area contributed by atoms with E-state index in [0.29, 0.717) is 41.3 Å². The highest BCUT2D eigenvalue weighted by molar-refractivity contribution is 5.75. The average molecular weight is 556 g/mol. The van der Waals surface area contributed by atoms with E-state index in [2.05, 4.69) is 0 Å². The van der Waals surface area contributed by atoms with E-state index < -0.39 is 23.5 Å². The van der Waals surface area contributed by atoms with Crippen molar-refractivity contribution in [1.29, 1.82) is 0 Å². The number of anilines is 1. The Hall–Kier alpha value is -3.08. The Morgan fingerprint density at radius 2 is 1.38 bits per heavy atom. The minimum Gasteiger partial charge on any atom is -0.392 e. The van der Waals surface area contributed by atoms with Gasteiger partial charge in [-0.2, -0.15) is 26.3 Å². The van der Waals surface area contributed by atoms with Crippen LogP contribution in [-0.2, 0) is 31.8 Å². The lowest BCUT2D eigenvalue weighted by molar-refractivity contribution is -0.376. The van der Waals surface area contributed by atoms with Gasteiger partial charge in [0.1, 0.15) is 0 Å². The number of nitrogens with zero attached hydrogens (tertiary/aromatic N) is 1. The fourth-order valence-electron chi connectivity index (χ4n) is 4.63. The van der Waals surface area contributed by atoms with Gasteiger partial charge in [-0.05, 0) is 64.4 Å². The Kier molecular flexibility index (Phi) is 9.04. The first kappa shape index (κ1) is 30.5. The Labute approximate surface area is 223 Å². The van der Waals surface area contributed by atoms with Gasteiger partial charge >= 0.3 is 12.4 Å². The summed E-state index contributed by atoms with van der Waals surface area (Å²) in [6, 6.07) is 13.5. The number of alkyl halides is 6. The first-order valence-electron chi connectivity index (χ1n) is 12.3. The van der Waals surface area contributed by atoms with Gasteiger partial charge in [-0.3, -0.25) is 0 Å². The zero-order chi connectivity index (χ0) is 29.2. The van der Waals surface area contributed by atoms with Gasteiger partial charge in [0, 0.05) is 24.8 Å². The lowest BCUT2D eigenvalue weighted by atomic mass is 9.86. The standard InChI is InChI=1S/C29H31F6NO3/c1-4-5-20-13-23(27(39,28(30,31)32)29(33,34)35)9-11-25(20)26-14-24(10-6-18(26)2)36(3)15-19-7-8-21(16-37)22(12-19)17-38/h6-14,37-39H,4-5,15-17H2,1-3H3. The van der Waals surface area contributed by atoms with Crippen LogP contribution < -0.4 is 4.90 Å². The minimum absolute atomic E-state index is 0.199. The number of benzene rings is 3. The molecule has 0 atom stereocenters. The van der Waals surface area contributed by atoms with Crippen LogP contribution in [0.25, 0.3) is 11.1 Å². The van der Waals surface area contributed by atoms with Gasteiger partial charge < -0.3 is 20.2 Å². The number of hydrogen-bond donors (Lipinski definition) is 3. The maximum atomic E-state index is 13.5. The maximum absolute atomic E-state index is 13.5. The summed E-state index contributed by atoms with van der Waals surface area (Å²) in [5.74, 6) is 0. The Morgan fingerprint density at radius 3 is 1.95 bits per heavy atom. The molecule has 3 N–H and O–H groups in total. The molecule has 0 unspecified atom stereocenters. The molecule has 0 aliphatic carbocycles. The van der Waals surface area contributed by atoms with Crippen LogP contribution in [-0.4, -0.2) is 34.7 Å². The molecular formula is C29H31F6NO3. The summed E-state index contributed by atoms with van der Waals surface area (Å²) in [4.78, 5) is 1.91. The van der Waals surface area contributed by atoms with E-state index in [1.54, 1.807) is 26.0 Å². The van der Waals surface area contributed by atoms with E-state index in [9.17, 15) is 41.7 Å². The van der Waals surface area contributed by atoms with Gasteiger partial charge in [0.25, 0.3) is 5.60 Å². The summed E-state index contributed by atoms with van der Waals surface area (Å²) in [5.41, 5.74) is -1.25. The third-order valence-corrected chi connectivity index (χ3v) is 6.85. The second-order valence-electron chi connectivity index (χ2n) is 9.60. The topological polar surface area (TPSA) is 63.9 Å². The van der Waals surface area contributed by atoms with Gasteiger partial charge in [0.2, 0.25) is 0 Å². The molecule has 0 heterocycles. The zero-order valence-electron chi connectivity index (χ0n) is 21.8. The van der Waals surface area contributed by atoms with Crippen LogP contribution in [0.3, 0.4) is 0 Å². The van der Waals surface area contributed by atoms with E-state index in [4.69, 9.17) is 0 Å². The maximum Gasteiger partial charge on any atom is 0.430 e. The monoisotopic (exact) mass is 555 g/mol. The third-order valence-electron chi connectivity index (χ3n) is 6.85. The number of halogens is 6. The van der Waals surface area contributed by atoms with Crippen LogP contribution in [0.2, 0.25) is 0 Å². The summed E-state index contributed by atoms with van der Waals surface area (Å²) in [6.45, 7) is 3.57. The van der Waals surface area contributed by atoms with Gasteiger partial charge in [0.05, 0.1) is 13.2 Å². The molecule has 0 saturated carbocycles. The molecule has 0 radical (unpaired) electrons. The molecule has 0 amide bonds. The molecule has 0 saturated heterocycles. The van der Waals surface area contributed by atoms with E-state index in [-0.39, 0.29) is 25.2 Å². The number of aryl methyl sites for hydroxylation is 2. The molecule has 0 aliphatic rings. The lowest BCUT2D eigenvalue weighted by Gasteiger charge is -2.33. The van der Waals surface area contributed by atoms with E-state index in [0.717, 1.165) is 22.9 Å². The summed E-state index contributed by atoms with van der Waals surface area (Å²) >= 11 is 0. The van der Waals surface area contributed by atoms with Crippen molar-refractivity contribution in [3.05, 3.63) is 88.0 Å². The quantitative estimate of drug-likeness (QED) is 0.262. The Balaban J connectivity index is 2.05. The zero-order valence-corrected chi connectivity index (χ0v) is 21.8. The van der Waals surface area contributed by atoms with Crippen molar-refractivity contribution in [2.45, 2.75) is 64.4 Å². The normalized spacial score (nSPS) is 12.6. The first-order valence-corrected chi connectivity index (χ1v) is 12.3. The van der Waals surface area contributed by atoms with Crippen LogP contribution in [0.5, 0.6) is 0 Å². The fourth-order valence-corrected chi connectivity index (χ4v) is 4.63. The van der Waals surface area contributed by atoms with Crippen molar-refractivity contribution in [1.82, 2.24) is 0 Å². The molecule has 0 aromatic heterocycles. The van der Waals surface area contributed by atoms with Crippen molar-refractivity contribution in [2.75, 3.05) is 11.9 Å². The molecule has 3 aromatic carbocycles. The van der Waals surface area contributed by atoms with Gasteiger partial charge in [0.15, 0.2) is 0 Å². The number of aliphatic hydroxyl groups excluding tert-OH is 2. The van der Waals surface area contributed by atoms with Crippen molar-refractivity contribution >= 4 is 5.69 Å². The fraction of sp³-hybridized carbons (Fsp3) is 0.379. The second kappa shape index (κ2) is 11.6. The van der Waals surface area contributed by atoms with Crippen LogP contribution in [0.1, 0.15) is 46.7 Å². The molecule has 0 spiro atoms. The highest BCUT2D eigenvalue weighted by Gasteiger charge is 2.71. The highest BCUT2D eigenvalue weighted by Crippen LogP contribution is 2.50. The van der Waals surface area contributed by atoms with Gasteiger partial charge in [-0.1, -0.05) is 55.8 Å². The summed E-state index contributed by atoms with van der Waals surface area (Å²) in [5, 5.41) is 28.9. The van der Waals surface area contributed by atoms with Crippen LogP contribution in [0.4, 0.5) is 32.0 Å². The molecule has 0 aliphatic heterocycles. The van der Waals surface area contributed by atoms with Crippen LogP contribution in [0.15, 0.2) is 54.6 Å². The highest BCUT2D eigenvalue weighted by atomic mass is 19.4. The van der Waals surface area contributed by atoms with Crippen LogP contribution >= 0.6 is 0 Å². The first-order chi connectivity index (χ1) is 18.2. The SMILES string of the molecule is CCCc1cc(C(O)(C(F)(F)F)C(F)(F)F)ccc1-c1cc(N(C)Cc2ccc(CO)c(CO)c2)ccc1C. The van der Waals surface area contributed by atoms with E-state index in [1.165, 1.54) is 6.07 Å². The van der Waals surface area contributed by atoms with Gasteiger partial charge in [-0.25, -0.2) is 0 Å².